The van der Waals surface area contributed by atoms with Gasteiger partial charge in [0.15, 0.2) is 11.5 Å². The first-order chi connectivity index (χ1) is 9.49. The van der Waals surface area contributed by atoms with Crippen molar-refractivity contribution in [2.45, 2.75) is 52.2 Å². The third-order valence-electron chi connectivity index (χ3n) is 4.10. The average molecular weight is 278 g/mol. The zero-order valence-electron chi connectivity index (χ0n) is 12.9. The molecule has 1 aromatic rings. The normalized spacial score (nSPS) is 27.9. The van der Waals surface area contributed by atoms with E-state index in [4.69, 9.17) is 9.47 Å². The molecular weight excluding hydrogens is 252 g/mol. The lowest BCUT2D eigenvalue weighted by Gasteiger charge is -2.32. The molecule has 1 aliphatic carbocycles. The lowest BCUT2D eigenvalue weighted by molar-refractivity contribution is 0.0978. The number of hydrogen-bond acceptors (Lipinski definition) is 3. The van der Waals surface area contributed by atoms with E-state index >= 15 is 0 Å². The highest BCUT2D eigenvalue weighted by Crippen LogP contribution is 2.35. The SMILES string of the molecule is COc1cc([C@@H](C)O)ccc1OC1CC(C)CC(C)C1. The fraction of sp³-hybridized carbons (Fsp3) is 0.647. The second-order valence-corrected chi connectivity index (χ2v) is 6.24. The highest BCUT2D eigenvalue weighted by molar-refractivity contribution is 5.43. The minimum Gasteiger partial charge on any atom is -0.493 e. The largest absolute Gasteiger partial charge is 0.493 e. The molecule has 0 radical (unpaired) electrons. The summed E-state index contributed by atoms with van der Waals surface area (Å²) < 4.78 is 11.5. The Morgan fingerprint density at radius 1 is 1.10 bits per heavy atom. The monoisotopic (exact) mass is 278 g/mol. The van der Waals surface area contributed by atoms with Gasteiger partial charge in [-0.15, -0.1) is 0 Å². The van der Waals surface area contributed by atoms with Crippen molar-refractivity contribution in [1.29, 1.82) is 0 Å². The van der Waals surface area contributed by atoms with Gasteiger partial charge in [-0.05, 0) is 55.7 Å². The minimum absolute atomic E-state index is 0.264. The molecule has 1 aliphatic rings. The van der Waals surface area contributed by atoms with Crippen LogP contribution in [0.25, 0.3) is 0 Å². The van der Waals surface area contributed by atoms with Crippen LogP contribution in [-0.4, -0.2) is 18.3 Å². The Labute approximate surface area is 121 Å². The van der Waals surface area contributed by atoms with E-state index < -0.39 is 6.10 Å². The van der Waals surface area contributed by atoms with Gasteiger partial charge in [0.1, 0.15) is 0 Å². The van der Waals surface area contributed by atoms with Crippen molar-refractivity contribution in [1.82, 2.24) is 0 Å². The van der Waals surface area contributed by atoms with E-state index in [1.807, 2.05) is 18.2 Å². The molecule has 1 saturated carbocycles. The van der Waals surface area contributed by atoms with Crippen molar-refractivity contribution in [3.8, 4) is 11.5 Å². The van der Waals surface area contributed by atoms with Crippen LogP contribution in [0.15, 0.2) is 18.2 Å². The van der Waals surface area contributed by atoms with E-state index in [0.717, 1.165) is 24.2 Å². The molecule has 3 nitrogen and oxygen atoms in total. The third-order valence-corrected chi connectivity index (χ3v) is 4.10. The van der Waals surface area contributed by atoms with Gasteiger partial charge in [-0.25, -0.2) is 0 Å². The summed E-state index contributed by atoms with van der Waals surface area (Å²) in [5.41, 5.74) is 0.847. The van der Waals surface area contributed by atoms with E-state index in [2.05, 4.69) is 13.8 Å². The molecule has 0 aromatic heterocycles. The van der Waals surface area contributed by atoms with Crippen LogP contribution < -0.4 is 9.47 Å². The molecule has 0 spiro atoms. The summed E-state index contributed by atoms with van der Waals surface area (Å²) in [7, 11) is 1.64. The molecule has 2 unspecified atom stereocenters. The molecule has 1 fully saturated rings. The average Bonchev–Trinajstić information content (AvgIpc) is 2.37. The summed E-state index contributed by atoms with van der Waals surface area (Å²) in [6, 6.07) is 5.67. The Balaban J connectivity index is 2.12. The molecule has 3 heteroatoms. The number of benzene rings is 1. The topological polar surface area (TPSA) is 38.7 Å². The van der Waals surface area contributed by atoms with Crippen LogP contribution in [0.2, 0.25) is 0 Å². The number of methoxy groups -OCH3 is 1. The first-order valence-corrected chi connectivity index (χ1v) is 7.52. The van der Waals surface area contributed by atoms with Crippen LogP contribution >= 0.6 is 0 Å². The highest BCUT2D eigenvalue weighted by atomic mass is 16.5. The summed E-state index contributed by atoms with van der Waals surface area (Å²) in [5, 5.41) is 9.63. The molecule has 1 aromatic carbocycles. The van der Waals surface area contributed by atoms with Gasteiger partial charge in [-0.2, -0.15) is 0 Å². The number of hydrogen-bond donors (Lipinski definition) is 1. The number of ether oxygens (including phenoxy) is 2. The van der Waals surface area contributed by atoms with Gasteiger partial charge in [-0.1, -0.05) is 19.9 Å². The van der Waals surface area contributed by atoms with Crippen LogP contribution in [0, 0.1) is 11.8 Å². The Hall–Kier alpha value is -1.22. The number of rotatable bonds is 4. The maximum atomic E-state index is 9.63. The summed E-state index contributed by atoms with van der Waals surface area (Å²) in [6.45, 7) is 6.33. The van der Waals surface area contributed by atoms with Gasteiger partial charge in [0.25, 0.3) is 0 Å². The van der Waals surface area contributed by atoms with Gasteiger partial charge in [0, 0.05) is 0 Å². The summed E-state index contributed by atoms with van der Waals surface area (Å²) >= 11 is 0. The van der Waals surface area contributed by atoms with Crippen molar-refractivity contribution in [3.05, 3.63) is 23.8 Å². The molecule has 0 saturated heterocycles. The first kappa shape index (κ1) is 15.2. The van der Waals surface area contributed by atoms with Gasteiger partial charge in [0.05, 0.1) is 19.3 Å². The Morgan fingerprint density at radius 2 is 1.75 bits per heavy atom. The van der Waals surface area contributed by atoms with Crippen LogP contribution in [0.5, 0.6) is 11.5 Å². The number of aliphatic hydroxyl groups is 1. The highest BCUT2D eigenvalue weighted by Gasteiger charge is 2.26. The third kappa shape index (κ3) is 3.66. The van der Waals surface area contributed by atoms with Gasteiger partial charge in [-0.3, -0.25) is 0 Å². The zero-order valence-corrected chi connectivity index (χ0v) is 12.9. The fourth-order valence-electron chi connectivity index (χ4n) is 3.19. The second kappa shape index (κ2) is 6.49. The lowest BCUT2D eigenvalue weighted by atomic mass is 9.82. The van der Waals surface area contributed by atoms with Crippen LogP contribution in [-0.2, 0) is 0 Å². The van der Waals surface area contributed by atoms with Crippen LogP contribution in [0.3, 0.4) is 0 Å². The first-order valence-electron chi connectivity index (χ1n) is 7.52. The van der Waals surface area contributed by atoms with Crippen molar-refractivity contribution < 1.29 is 14.6 Å². The smallest absolute Gasteiger partial charge is 0.161 e. The van der Waals surface area contributed by atoms with Crippen molar-refractivity contribution in [3.63, 3.8) is 0 Å². The quantitative estimate of drug-likeness (QED) is 0.906. The summed E-state index contributed by atoms with van der Waals surface area (Å²) in [5.74, 6) is 2.91. The molecule has 20 heavy (non-hydrogen) atoms. The fourth-order valence-corrected chi connectivity index (χ4v) is 3.19. The molecule has 112 valence electrons. The molecule has 2 rings (SSSR count). The molecule has 1 N–H and O–H groups in total. The number of aliphatic hydroxyl groups excluding tert-OH is 1. The maximum absolute atomic E-state index is 9.63. The Morgan fingerprint density at radius 3 is 2.30 bits per heavy atom. The predicted molar refractivity (Wildman–Crippen MR) is 80.2 cm³/mol. The van der Waals surface area contributed by atoms with Gasteiger partial charge >= 0.3 is 0 Å². The van der Waals surface area contributed by atoms with Gasteiger partial charge < -0.3 is 14.6 Å². The van der Waals surface area contributed by atoms with E-state index in [-0.39, 0.29) is 6.10 Å². The van der Waals surface area contributed by atoms with Gasteiger partial charge in [0.2, 0.25) is 0 Å². The van der Waals surface area contributed by atoms with E-state index in [9.17, 15) is 5.11 Å². The summed E-state index contributed by atoms with van der Waals surface area (Å²) in [4.78, 5) is 0. The molecule has 0 bridgehead atoms. The standard InChI is InChI=1S/C17H26O3/c1-11-7-12(2)9-15(8-11)20-16-6-5-14(13(3)18)10-17(16)19-4/h5-6,10-13,15,18H,7-9H2,1-4H3/t11?,12?,13-,15?/m1/s1. The van der Waals surface area contributed by atoms with E-state index in [0.29, 0.717) is 17.6 Å². The van der Waals surface area contributed by atoms with Crippen molar-refractivity contribution in [2.24, 2.45) is 11.8 Å². The molecule has 3 atom stereocenters. The zero-order chi connectivity index (χ0) is 14.7. The summed E-state index contributed by atoms with van der Waals surface area (Å²) in [6.07, 6.45) is 3.27. The van der Waals surface area contributed by atoms with Crippen LogP contribution in [0.1, 0.15) is 51.7 Å². The Bertz CT molecular complexity index is 432. The minimum atomic E-state index is -0.493. The molecular formula is C17H26O3. The second-order valence-electron chi connectivity index (χ2n) is 6.24. The van der Waals surface area contributed by atoms with Crippen LogP contribution in [0.4, 0.5) is 0 Å². The lowest BCUT2D eigenvalue weighted by Crippen LogP contribution is -2.28. The maximum Gasteiger partial charge on any atom is 0.161 e. The van der Waals surface area contributed by atoms with Crippen molar-refractivity contribution >= 4 is 0 Å². The molecule has 0 amide bonds. The predicted octanol–water partition coefficient (Wildman–Crippen LogP) is 3.95. The van der Waals surface area contributed by atoms with Crippen molar-refractivity contribution in [2.75, 3.05) is 7.11 Å². The van der Waals surface area contributed by atoms with E-state index in [1.165, 1.54) is 6.42 Å². The van der Waals surface area contributed by atoms with E-state index in [1.54, 1.807) is 14.0 Å². The molecule has 0 aliphatic heterocycles. The molecule has 0 heterocycles. The Kier molecular flexibility index (Phi) is 4.92.